The minimum Gasteiger partial charge on any atom is -0.480 e. The number of benzene rings is 2. The zero-order chi connectivity index (χ0) is 26.2. The molecule has 35 heavy (non-hydrogen) atoms. The highest BCUT2D eigenvalue weighted by Crippen LogP contribution is 2.27. The average Bonchev–Trinajstić information content (AvgIpc) is 2.80. The van der Waals surface area contributed by atoms with Crippen molar-refractivity contribution in [3.8, 4) is 11.1 Å². The molecule has 2 atom stereocenters. The fourth-order valence-corrected chi connectivity index (χ4v) is 3.53. The van der Waals surface area contributed by atoms with E-state index in [1.54, 1.807) is 42.5 Å². The molecular formula is C24H28F3N3O4S. The van der Waals surface area contributed by atoms with Crippen LogP contribution in [0.2, 0.25) is 0 Å². The average molecular weight is 512 g/mol. The predicted octanol–water partition coefficient (Wildman–Crippen LogP) is 3.97. The van der Waals surface area contributed by atoms with E-state index in [-0.39, 0.29) is 30.2 Å². The Morgan fingerprint density at radius 2 is 1.69 bits per heavy atom. The van der Waals surface area contributed by atoms with Crippen molar-refractivity contribution >= 4 is 36.1 Å². The smallest absolute Gasteiger partial charge is 0.471 e. The predicted molar refractivity (Wildman–Crippen MR) is 131 cm³/mol. The van der Waals surface area contributed by atoms with Gasteiger partial charge in [-0.15, -0.1) is 0 Å². The van der Waals surface area contributed by atoms with Crippen LogP contribution in [0, 0.1) is 5.92 Å². The van der Waals surface area contributed by atoms with E-state index >= 15 is 0 Å². The van der Waals surface area contributed by atoms with Gasteiger partial charge in [0.05, 0.1) is 6.04 Å². The molecule has 11 heteroatoms. The first-order valence-corrected chi connectivity index (χ1v) is 11.5. The second-order valence-corrected chi connectivity index (χ2v) is 8.72. The van der Waals surface area contributed by atoms with E-state index in [2.05, 4.69) is 23.3 Å². The first-order chi connectivity index (χ1) is 16.4. The van der Waals surface area contributed by atoms with Crippen LogP contribution >= 0.6 is 12.6 Å². The summed E-state index contributed by atoms with van der Waals surface area (Å²) in [5.41, 5.74) is 1.93. The number of carbonyl (C=O) groups is 3. The number of carbonyl (C=O) groups excluding carboxylic acids is 2. The van der Waals surface area contributed by atoms with Crippen LogP contribution in [0.5, 0.6) is 0 Å². The van der Waals surface area contributed by atoms with Gasteiger partial charge in [0.1, 0.15) is 6.04 Å². The molecule has 0 radical (unpaired) electrons. The lowest BCUT2D eigenvalue weighted by Gasteiger charge is -2.20. The number of hydrogen-bond donors (Lipinski definition) is 5. The first kappa shape index (κ1) is 28.0. The summed E-state index contributed by atoms with van der Waals surface area (Å²) >= 11 is 4.00. The summed E-state index contributed by atoms with van der Waals surface area (Å²) in [4.78, 5) is 35.8. The molecule has 2 aromatic rings. The number of halogens is 3. The van der Waals surface area contributed by atoms with Gasteiger partial charge < -0.3 is 21.1 Å². The third-order valence-corrected chi connectivity index (χ3v) is 5.47. The summed E-state index contributed by atoms with van der Waals surface area (Å²) < 4.78 is 37.6. The van der Waals surface area contributed by atoms with E-state index in [1.165, 1.54) is 6.07 Å². The molecule has 0 heterocycles. The molecule has 0 saturated heterocycles. The number of thiol groups is 1. The lowest BCUT2D eigenvalue weighted by molar-refractivity contribution is -0.174. The quantitative estimate of drug-likeness (QED) is 0.294. The minimum absolute atomic E-state index is 0.0344. The van der Waals surface area contributed by atoms with Crippen molar-refractivity contribution < 1.29 is 32.7 Å². The van der Waals surface area contributed by atoms with Crippen molar-refractivity contribution in [1.82, 2.24) is 10.6 Å². The number of carboxylic acid groups (broad SMARTS) is 1. The summed E-state index contributed by atoms with van der Waals surface area (Å²) in [5, 5.41) is 16.9. The van der Waals surface area contributed by atoms with Gasteiger partial charge in [-0.1, -0.05) is 44.2 Å². The Labute approximate surface area is 206 Å². The monoisotopic (exact) mass is 511 g/mol. The lowest BCUT2D eigenvalue weighted by atomic mass is 9.97. The molecule has 2 aromatic carbocycles. The van der Waals surface area contributed by atoms with Gasteiger partial charge in [0.25, 0.3) is 5.91 Å². The Kier molecular flexibility index (Phi) is 10.00. The van der Waals surface area contributed by atoms with Crippen LogP contribution in [0.25, 0.3) is 11.1 Å². The maximum atomic E-state index is 13.0. The Morgan fingerprint density at radius 1 is 1.03 bits per heavy atom. The molecule has 0 aliphatic rings. The number of hydrogen-bond acceptors (Lipinski definition) is 5. The minimum atomic E-state index is -5.00. The van der Waals surface area contributed by atoms with Crippen molar-refractivity contribution in [3.63, 3.8) is 0 Å². The molecule has 0 saturated carbocycles. The van der Waals surface area contributed by atoms with E-state index in [4.69, 9.17) is 0 Å². The highest BCUT2D eigenvalue weighted by molar-refractivity contribution is 7.80. The third-order valence-electron chi connectivity index (χ3n) is 5.03. The van der Waals surface area contributed by atoms with Crippen molar-refractivity contribution in [2.75, 3.05) is 17.6 Å². The topological polar surface area (TPSA) is 108 Å². The van der Waals surface area contributed by atoms with Gasteiger partial charge in [-0.2, -0.15) is 25.8 Å². The second-order valence-electron chi connectivity index (χ2n) is 8.35. The normalized spacial score (nSPS) is 13.1. The molecule has 0 bridgehead atoms. The highest BCUT2D eigenvalue weighted by Gasteiger charge is 2.39. The molecule has 4 N–H and O–H groups in total. The summed E-state index contributed by atoms with van der Waals surface area (Å²) in [5.74, 6) is -3.73. The van der Waals surface area contributed by atoms with Crippen LogP contribution in [-0.2, 0) is 9.59 Å². The number of nitrogens with one attached hydrogen (secondary N) is 3. The van der Waals surface area contributed by atoms with Crippen LogP contribution in [0.15, 0.2) is 48.5 Å². The van der Waals surface area contributed by atoms with E-state index in [1.807, 2.05) is 19.2 Å². The van der Waals surface area contributed by atoms with Gasteiger partial charge >= 0.3 is 18.1 Å². The Hall–Kier alpha value is -3.21. The molecule has 0 fully saturated rings. The van der Waals surface area contributed by atoms with E-state index in [0.717, 1.165) is 0 Å². The zero-order valence-electron chi connectivity index (χ0n) is 19.2. The van der Waals surface area contributed by atoms with Crippen LogP contribution in [-0.4, -0.2) is 53.4 Å². The standard InChI is InChI=1S/C24H28F3N3O4S/c1-14(2)10-20(22(32)33)30-21(31)18-9-8-16(11-19(18)15-6-4-3-5-7-15)28-12-17(13-35)29-23(34)24(25,26)27/h3-9,11,14,17,20,28,35H,10,12-13H2,1-2H3,(H,29,34)(H,30,31)(H,32,33)/t17-,20+/m1/s1. The van der Waals surface area contributed by atoms with E-state index in [0.29, 0.717) is 16.8 Å². The molecule has 2 rings (SSSR count). The lowest BCUT2D eigenvalue weighted by Crippen LogP contribution is -2.47. The van der Waals surface area contributed by atoms with Crippen LogP contribution in [0.4, 0.5) is 18.9 Å². The molecule has 0 aliphatic heterocycles. The van der Waals surface area contributed by atoms with Gasteiger partial charge in [0.2, 0.25) is 0 Å². The van der Waals surface area contributed by atoms with Gasteiger partial charge in [-0.05, 0) is 41.7 Å². The number of rotatable bonds is 11. The Morgan fingerprint density at radius 3 is 2.23 bits per heavy atom. The molecular weight excluding hydrogens is 483 g/mol. The van der Waals surface area contributed by atoms with Gasteiger partial charge in [-0.3, -0.25) is 9.59 Å². The molecule has 0 unspecified atom stereocenters. The molecule has 0 aromatic heterocycles. The fourth-order valence-electron chi connectivity index (χ4n) is 3.31. The second kappa shape index (κ2) is 12.5. The summed E-state index contributed by atoms with van der Waals surface area (Å²) in [6, 6.07) is 11.7. The number of amides is 2. The van der Waals surface area contributed by atoms with Crippen molar-refractivity contribution in [3.05, 3.63) is 54.1 Å². The molecule has 0 spiro atoms. The van der Waals surface area contributed by atoms with E-state index < -0.39 is 36.0 Å². The van der Waals surface area contributed by atoms with Crippen molar-refractivity contribution in [2.45, 2.75) is 38.5 Å². The van der Waals surface area contributed by atoms with Gasteiger partial charge in [0, 0.05) is 23.5 Å². The summed E-state index contributed by atoms with van der Waals surface area (Å²) in [6.07, 6.45) is -4.74. The Balaban J connectivity index is 2.28. The third kappa shape index (κ3) is 8.50. The number of aliphatic carboxylic acids is 1. The van der Waals surface area contributed by atoms with Crippen LogP contribution in [0.1, 0.15) is 30.6 Å². The fraction of sp³-hybridized carbons (Fsp3) is 0.375. The Bertz CT molecular complexity index is 1030. The van der Waals surface area contributed by atoms with Crippen LogP contribution < -0.4 is 16.0 Å². The molecule has 2 amide bonds. The first-order valence-electron chi connectivity index (χ1n) is 10.9. The SMILES string of the molecule is CC(C)C[C@H](NC(=O)c1ccc(NC[C@H](CS)NC(=O)C(F)(F)F)cc1-c1ccccc1)C(=O)O. The number of alkyl halides is 3. The van der Waals surface area contributed by atoms with Gasteiger partial charge in [0.15, 0.2) is 0 Å². The van der Waals surface area contributed by atoms with E-state index in [9.17, 15) is 32.7 Å². The van der Waals surface area contributed by atoms with Gasteiger partial charge in [-0.25, -0.2) is 4.79 Å². The summed E-state index contributed by atoms with van der Waals surface area (Å²) in [7, 11) is 0. The highest BCUT2D eigenvalue weighted by atomic mass is 32.1. The van der Waals surface area contributed by atoms with Crippen molar-refractivity contribution in [1.29, 1.82) is 0 Å². The number of anilines is 1. The van der Waals surface area contributed by atoms with Crippen LogP contribution in [0.3, 0.4) is 0 Å². The maximum absolute atomic E-state index is 13.0. The maximum Gasteiger partial charge on any atom is 0.471 e. The number of carboxylic acids is 1. The summed E-state index contributed by atoms with van der Waals surface area (Å²) in [6.45, 7) is 3.67. The molecule has 7 nitrogen and oxygen atoms in total. The largest absolute Gasteiger partial charge is 0.480 e. The van der Waals surface area contributed by atoms with Crippen molar-refractivity contribution in [2.24, 2.45) is 5.92 Å². The molecule has 0 aliphatic carbocycles. The zero-order valence-corrected chi connectivity index (χ0v) is 20.1. The molecule has 190 valence electrons.